The van der Waals surface area contributed by atoms with Gasteiger partial charge < -0.3 is 20.9 Å². The molecule has 0 amide bonds. The Bertz CT molecular complexity index is 597. The second-order valence-corrected chi connectivity index (χ2v) is 6.99. The fraction of sp³-hybridized carbons (Fsp3) is 0.538. The predicted molar refractivity (Wildman–Crippen MR) is 80.6 cm³/mol. The summed E-state index contributed by atoms with van der Waals surface area (Å²) in [5.74, 6) is 0. The molecule has 1 aromatic rings. The Morgan fingerprint density at radius 3 is 2.57 bits per heavy atom. The highest BCUT2D eigenvalue weighted by molar-refractivity contribution is 7.89. The largest absolute Gasteiger partial charge is 0.398 e. The molecule has 118 valence electrons. The van der Waals surface area contributed by atoms with Gasteiger partial charge in [0.05, 0.1) is 17.8 Å². The normalized spacial score (nSPS) is 18.4. The molecule has 1 heterocycles. The number of nitrogens with one attached hydrogen (secondary N) is 2. The van der Waals surface area contributed by atoms with Crippen molar-refractivity contribution < 1.29 is 18.3 Å². The molecule has 1 aliphatic rings. The summed E-state index contributed by atoms with van der Waals surface area (Å²) >= 11 is 0. The van der Waals surface area contributed by atoms with Crippen molar-refractivity contribution in [3.63, 3.8) is 0 Å². The Balaban J connectivity index is 2.24. The van der Waals surface area contributed by atoms with Crippen molar-refractivity contribution in [3.05, 3.63) is 18.2 Å². The molecule has 0 spiro atoms. The van der Waals surface area contributed by atoms with Crippen molar-refractivity contribution in [1.29, 1.82) is 0 Å². The maximum atomic E-state index is 11.8. The molecular formula is C13H21N3O4S. The maximum absolute atomic E-state index is 11.8. The zero-order valence-electron chi connectivity index (χ0n) is 11.9. The van der Waals surface area contributed by atoms with Crippen LogP contribution in [0, 0.1) is 0 Å². The third-order valence-electron chi connectivity index (χ3n) is 3.73. The summed E-state index contributed by atoms with van der Waals surface area (Å²) in [6.45, 7) is 1.14. The van der Waals surface area contributed by atoms with Crippen LogP contribution in [0.15, 0.2) is 23.1 Å². The summed E-state index contributed by atoms with van der Waals surface area (Å²) in [6, 6.07) is 4.67. The molecule has 8 heteroatoms. The van der Waals surface area contributed by atoms with E-state index in [0.29, 0.717) is 31.7 Å². The lowest BCUT2D eigenvalue weighted by molar-refractivity contribution is 0.0380. The van der Waals surface area contributed by atoms with Gasteiger partial charge in [-0.15, -0.1) is 0 Å². The highest BCUT2D eigenvalue weighted by Crippen LogP contribution is 2.28. The van der Waals surface area contributed by atoms with Crippen LogP contribution in [0.5, 0.6) is 0 Å². The fourth-order valence-electron chi connectivity index (χ4n) is 2.37. The number of nitrogen functional groups attached to an aromatic ring is 1. The first-order chi connectivity index (χ1) is 9.92. The lowest BCUT2D eigenvalue weighted by Gasteiger charge is -2.37. The molecule has 5 N–H and O–H groups in total. The van der Waals surface area contributed by atoms with E-state index < -0.39 is 15.6 Å². The molecule has 1 aliphatic heterocycles. The molecule has 0 radical (unpaired) electrons. The number of hydrogen-bond donors (Lipinski definition) is 4. The molecule has 0 aliphatic carbocycles. The van der Waals surface area contributed by atoms with Crippen molar-refractivity contribution in [2.75, 3.05) is 37.9 Å². The van der Waals surface area contributed by atoms with Crippen LogP contribution in [-0.4, -0.2) is 45.9 Å². The number of sulfonamides is 1. The van der Waals surface area contributed by atoms with Gasteiger partial charge in [0.15, 0.2) is 0 Å². The molecule has 0 aromatic heterocycles. The number of nitrogens with two attached hydrogens (primary N) is 1. The summed E-state index contributed by atoms with van der Waals surface area (Å²) < 4.78 is 31.1. The average molecular weight is 315 g/mol. The molecular weight excluding hydrogens is 294 g/mol. The van der Waals surface area contributed by atoms with E-state index >= 15 is 0 Å². The van der Waals surface area contributed by atoms with Crippen molar-refractivity contribution in [3.8, 4) is 0 Å². The van der Waals surface area contributed by atoms with Crippen molar-refractivity contribution in [2.24, 2.45) is 0 Å². The molecule has 1 fully saturated rings. The number of aliphatic hydroxyl groups is 1. The number of rotatable bonds is 5. The first-order valence-corrected chi connectivity index (χ1v) is 8.21. The summed E-state index contributed by atoms with van der Waals surface area (Å²) in [5.41, 5.74) is 6.22. The lowest BCUT2D eigenvalue weighted by Crippen LogP contribution is -2.46. The molecule has 0 bridgehead atoms. The van der Waals surface area contributed by atoms with E-state index in [2.05, 4.69) is 10.0 Å². The van der Waals surface area contributed by atoms with Gasteiger partial charge in [0.25, 0.3) is 0 Å². The van der Waals surface area contributed by atoms with E-state index in [1.165, 1.54) is 13.1 Å². The van der Waals surface area contributed by atoms with Gasteiger partial charge in [0, 0.05) is 18.9 Å². The monoisotopic (exact) mass is 315 g/mol. The Morgan fingerprint density at radius 2 is 2.05 bits per heavy atom. The van der Waals surface area contributed by atoms with Crippen molar-refractivity contribution >= 4 is 21.4 Å². The summed E-state index contributed by atoms with van der Waals surface area (Å²) in [7, 11) is -2.23. The van der Waals surface area contributed by atoms with E-state index in [-0.39, 0.29) is 17.2 Å². The molecule has 2 rings (SSSR count). The minimum absolute atomic E-state index is 0.0210. The van der Waals surface area contributed by atoms with Crippen molar-refractivity contribution in [1.82, 2.24) is 4.72 Å². The van der Waals surface area contributed by atoms with Gasteiger partial charge in [-0.3, -0.25) is 0 Å². The van der Waals surface area contributed by atoms with Gasteiger partial charge in [-0.2, -0.15) is 0 Å². The van der Waals surface area contributed by atoms with Crippen LogP contribution in [0.4, 0.5) is 11.4 Å². The van der Waals surface area contributed by atoms with Crippen LogP contribution < -0.4 is 15.8 Å². The number of benzene rings is 1. The maximum Gasteiger partial charge on any atom is 0.242 e. The summed E-state index contributed by atoms with van der Waals surface area (Å²) in [5, 5.41) is 12.9. The van der Waals surface area contributed by atoms with Crippen LogP contribution in [0.2, 0.25) is 0 Å². The second-order valence-electron chi connectivity index (χ2n) is 5.14. The third kappa shape index (κ3) is 3.46. The standard InChI is InChI=1S/C13H21N3O4S/c1-15-21(18,19)12-3-2-10(8-11(12)14)16-13(9-17)4-6-20-7-5-13/h2-3,8,15-17H,4-7,9,14H2,1H3. The first-order valence-electron chi connectivity index (χ1n) is 6.72. The van der Waals surface area contributed by atoms with Gasteiger partial charge in [0.1, 0.15) is 4.90 Å². The van der Waals surface area contributed by atoms with Gasteiger partial charge in [0.2, 0.25) is 10.0 Å². The Morgan fingerprint density at radius 1 is 1.38 bits per heavy atom. The van der Waals surface area contributed by atoms with Gasteiger partial charge >= 0.3 is 0 Å². The lowest BCUT2D eigenvalue weighted by atomic mass is 9.90. The van der Waals surface area contributed by atoms with Crippen LogP contribution in [-0.2, 0) is 14.8 Å². The first kappa shape index (κ1) is 16.0. The Hall–Kier alpha value is -1.35. The SMILES string of the molecule is CNS(=O)(=O)c1ccc(NC2(CO)CCOCC2)cc1N. The van der Waals surface area contributed by atoms with Crippen LogP contribution >= 0.6 is 0 Å². The number of ether oxygens (including phenoxy) is 1. The summed E-state index contributed by atoms with van der Waals surface area (Å²) in [4.78, 5) is 0.0422. The minimum atomic E-state index is -3.57. The summed E-state index contributed by atoms with van der Waals surface area (Å²) in [6.07, 6.45) is 1.36. The zero-order valence-corrected chi connectivity index (χ0v) is 12.7. The van der Waals surface area contributed by atoms with Gasteiger partial charge in [-0.25, -0.2) is 13.1 Å². The zero-order chi connectivity index (χ0) is 15.5. The second kappa shape index (κ2) is 6.18. The molecule has 1 aromatic carbocycles. The number of anilines is 2. The molecule has 0 unspecified atom stereocenters. The fourth-order valence-corrected chi connectivity index (χ4v) is 3.21. The van der Waals surface area contributed by atoms with Gasteiger partial charge in [-0.1, -0.05) is 0 Å². The topological polar surface area (TPSA) is 114 Å². The highest BCUT2D eigenvalue weighted by atomic mass is 32.2. The van der Waals surface area contributed by atoms with E-state index in [1.807, 2.05) is 0 Å². The predicted octanol–water partition coefficient (Wildman–Crippen LogP) is 0.130. The molecule has 1 saturated heterocycles. The van der Waals surface area contributed by atoms with E-state index in [4.69, 9.17) is 10.5 Å². The van der Waals surface area contributed by atoms with E-state index in [9.17, 15) is 13.5 Å². The van der Waals surface area contributed by atoms with E-state index in [0.717, 1.165) is 0 Å². The molecule has 0 atom stereocenters. The Labute approximate surface area is 124 Å². The molecule has 21 heavy (non-hydrogen) atoms. The van der Waals surface area contributed by atoms with Gasteiger partial charge in [-0.05, 0) is 38.1 Å². The number of aliphatic hydroxyl groups excluding tert-OH is 1. The van der Waals surface area contributed by atoms with Crippen molar-refractivity contribution in [2.45, 2.75) is 23.3 Å². The molecule has 0 saturated carbocycles. The average Bonchev–Trinajstić information content (AvgIpc) is 2.48. The van der Waals surface area contributed by atoms with Crippen LogP contribution in [0.25, 0.3) is 0 Å². The quantitative estimate of drug-likeness (QED) is 0.574. The smallest absolute Gasteiger partial charge is 0.242 e. The van der Waals surface area contributed by atoms with Crippen LogP contribution in [0.1, 0.15) is 12.8 Å². The number of hydrogen-bond acceptors (Lipinski definition) is 6. The van der Waals surface area contributed by atoms with E-state index in [1.54, 1.807) is 12.1 Å². The third-order valence-corrected chi connectivity index (χ3v) is 5.22. The van der Waals surface area contributed by atoms with Crippen LogP contribution in [0.3, 0.4) is 0 Å². The molecule has 7 nitrogen and oxygen atoms in total. The Kier molecular flexibility index (Phi) is 4.72. The highest BCUT2D eigenvalue weighted by Gasteiger charge is 2.32. The minimum Gasteiger partial charge on any atom is -0.398 e.